The molecule has 7 nitrogen and oxygen atoms in total. The number of ether oxygens (including phenoxy) is 2. The number of rotatable bonds is 9. The van der Waals surface area contributed by atoms with Crippen molar-refractivity contribution in [2.24, 2.45) is 4.99 Å². The molecule has 3 aromatic rings. The van der Waals surface area contributed by atoms with Gasteiger partial charge in [0, 0.05) is 0 Å². The van der Waals surface area contributed by atoms with Gasteiger partial charge in [-0.3, -0.25) is 9.69 Å². The second-order valence-corrected chi connectivity index (χ2v) is 9.21. The number of hydrogen-bond acceptors (Lipinski definition) is 6. The van der Waals surface area contributed by atoms with Crippen LogP contribution in [0.5, 0.6) is 11.5 Å². The van der Waals surface area contributed by atoms with Crippen LogP contribution in [0.1, 0.15) is 30.5 Å². The minimum absolute atomic E-state index is 0.163. The standard InChI is InChI=1S/C29H28N2O5S/c1-4-20-10-6-8-12-22(20)30-29-31(23-13-9-7-11-21(23)5-2)28(34)26(37-29)17-19-14-15-24(25(16-19)35-3)36-18-27(32)33/h6-17H,4-5,18H2,1-3H3,(H,32,33)/b26-17+,30-29?. The zero-order valence-corrected chi connectivity index (χ0v) is 21.7. The summed E-state index contributed by atoms with van der Waals surface area (Å²) in [5, 5.41) is 9.49. The molecule has 0 atom stereocenters. The summed E-state index contributed by atoms with van der Waals surface area (Å²) in [7, 11) is 1.48. The van der Waals surface area contributed by atoms with E-state index < -0.39 is 12.6 Å². The summed E-state index contributed by atoms with van der Waals surface area (Å²) < 4.78 is 10.7. The van der Waals surface area contributed by atoms with Crippen LogP contribution in [0.3, 0.4) is 0 Å². The lowest BCUT2D eigenvalue weighted by atomic mass is 10.1. The number of aliphatic imine (C=N–C) groups is 1. The molecule has 1 fully saturated rings. The number of thioether (sulfide) groups is 1. The lowest BCUT2D eigenvalue weighted by Gasteiger charge is -2.19. The predicted molar refractivity (Wildman–Crippen MR) is 148 cm³/mol. The summed E-state index contributed by atoms with van der Waals surface area (Å²) in [6.45, 7) is 3.67. The quantitative estimate of drug-likeness (QED) is 0.346. The number of carbonyl (C=O) groups is 2. The largest absolute Gasteiger partial charge is 0.493 e. The SMILES string of the molecule is CCc1ccccc1N=C1S/C(=C/c2ccc(OCC(=O)O)c(OC)c2)C(=O)N1c1ccccc1CC. The van der Waals surface area contributed by atoms with E-state index in [-0.39, 0.29) is 5.91 Å². The number of amides is 1. The molecule has 0 saturated carbocycles. The number of anilines is 1. The van der Waals surface area contributed by atoms with E-state index in [1.165, 1.54) is 18.9 Å². The number of hydrogen-bond donors (Lipinski definition) is 1. The molecule has 0 unspecified atom stereocenters. The van der Waals surface area contributed by atoms with Gasteiger partial charge in [0.05, 0.1) is 23.4 Å². The molecular formula is C29H28N2O5S. The predicted octanol–water partition coefficient (Wildman–Crippen LogP) is 6.09. The number of para-hydroxylation sites is 2. The van der Waals surface area contributed by atoms with Crippen LogP contribution in [0.2, 0.25) is 0 Å². The normalized spacial score (nSPS) is 15.4. The molecule has 0 bridgehead atoms. The van der Waals surface area contributed by atoms with Crippen LogP contribution >= 0.6 is 11.8 Å². The van der Waals surface area contributed by atoms with Gasteiger partial charge in [0.1, 0.15) is 0 Å². The van der Waals surface area contributed by atoms with E-state index in [9.17, 15) is 9.59 Å². The average Bonchev–Trinajstić information content (AvgIpc) is 3.21. The Balaban J connectivity index is 1.76. The summed E-state index contributed by atoms with van der Waals surface area (Å²) in [4.78, 5) is 31.8. The maximum Gasteiger partial charge on any atom is 0.341 e. The van der Waals surface area contributed by atoms with Crippen molar-refractivity contribution < 1.29 is 24.2 Å². The van der Waals surface area contributed by atoms with Gasteiger partial charge in [-0.2, -0.15) is 0 Å². The van der Waals surface area contributed by atoms with Crippen LogP contribution in [0.15, 0.2) is 76.6 Å². The molecule has 0 radical (unpaired) electrons. The summed E-state index contributed by atoms with van der Waals surface area (Å²) in [5.74, 6) is -0.548. The van der Waals surface area contributed by atoms with Gasteiger partial charge in [-0.25, -0.2) is 9.79 Å². The number of methoxy groups -OCH3 is 1. The van der Waals surface area contributed by atoms with Crippen molar-refractivity contribution in [3.8, 4) is 11.5 Å². The maximum atomic E-state index is 13.8. The first-order valence-corrected chi connectivity index (χ1v) is 12.8. The smallest absolute Gasteiger partial charge is 0.341 e. The van der Waals surface area contributed by atoms with E-state index in [0.717, 1.165) is 35.3 Å². The molecule has 1 saturated heterocycles. The Hall–Kier alpha value is -4.04. The fourth-order valence-corrected chi connectivity index (χ4v) is 4.98. The van der Waals surface area contributed by atoms with Crippen LogP contribution in [-0.4, -0.2) is 35.9 Å². The zero-order valence-electron chi connectivity index (χ0n) is 20.9. The Kier molecular flexibility index (Phi) is 8.30. The Morgan fingerprint density at radius 2 is 1.70 bits per heavy atom. The number of carboxylic acid groups (broad SMARTS) is 1. The van der Waals surface area contributed by atoms with E-state index in [1.807, 2.05) is 48.5 Å². The molecule has 1 heterocycles. The number of carbonyl (C=O) groups excluding carboxylic acids is 1. The third-order valence-electron chi connectivity index (χ3n) is 5.85. The van der Waals surface area contributed by atoms with Gasteiger partial charge < -0.3 is 14.6 Å². The number of nitrogens with zero attached hydrogens (tertiary/aromatic N) is 2. The van der Waals surface area contributed by atoms with Crippen molar-refractivity contribution in [2.75, 3.05) is 18.6 Å². The number of aryl methyl sites for hydroxylation is 2. The lowest BCUT2D eigenvalue weighted by molar-refractivity contribution is -0.139. The summed E-state index contributed by atoms with van der Waals surface area (Å²) in [6, 6.07) is 20.9. The topological polar surface area (TPSA) is 88.4 Å². The highest BCUT2D eigenvalue weighted by Crippen LogP contribution is 2.40. The molecule has 1 amide bonds. The highest BCUT2D eigenvalue weighted by molar-refractivity contribution is 8.19. The van der Waals surface area contributed by atoms with Gasteiger partial charge in [-0.15, -0.1) is 0 Å². The second kappa shape index (κ2) is 11.8. The van der Waals surface area contributed by atoms with Crippen molar-refractivity contribution in [2.45, 2.75) is 26.7 Å². The Morgan fingerprint density at radius 1 is 1.00 bits per heavy atom. The van der Waals surface area contributed by atoms with Gasteiger partial charge >= 0.3 is 5.97 Å². The molecule has 190 valence electrons. The van der Waals surface area contributed by atoms with Crippen LogP contribution in [0.4, 0.5) is 11.4 Å². The van der Waals surface area contributed by atoms with Crippen LogP contribution < -0.4 is 14.4 Å². The molecule has 0 spiro atoms. The van der Waals surface area contributed by atoms with E-state index >= 15 is 0 Å². The molecule has 1 N–H and O–H groups in total. The minimum atomic E-state index is -1.08. The summed E-state index contributed by atoms with van der Waals surface area (Å²) in [6.07, 6.45) is 3.39. The zero-order chi connectivity index (χ0) is 26.4. The van der Waals surface area contributed by atoms with E-state index in [2.05, 4.69) is 13.8 Å². The molecule has 3 aromatic carbocycles. The Bertz CT molecular complexity index is 1380. The average molecular weight is 517 g/mol. The first-order valence-electron chi connectivity index (χ1n) is 12.0. The fraction of sp³-hybridized carbons (Fsp3) is 0.207. The van der Waals surface area contributed by atoms with Gasteiger partial charge in [0.25, 0.3) is 5.91 Å². The first kappa shape index (κ1) is 26.0. The lowest BCUT2D eigenvalue weighted by Crippen LogP contribution is -2.29. The van der Waals surface area contributed by atoms with Crippen molar-refractivity contribution in [1.82, 2.24) is 0 Å². The second-order valence-electron chi connectivity index (χ2n) is 8.20. The monoisotopic (exact) mass is 516 g/mol. The van der Waals surface area contributed by atoms with Crippen LogP contribution in [0, 0.1) is 0 Å². The van der Waals surface area contributed by atoms with E-state index in [1.54, 1.807) is 29.2 Å². The number of amidine groups is 1. The Labute approximate surface area is 220 Å². The Morgan fingerprint density at radius 3 is 2.41 bits per heavy atom. The van der Waals surface area contributed by atoms with Crippen LogP contribution in [0.25, 0.3) is 6.08 Å². The van der Waals surface area contributed by atoms with Gasteiger partial charge in [0.2, 0.25) is 0 Å². The molecule has 4 rings (SSSR count). The molecule has 0 aromatic heterocycles. The number of carboxylic acids is 1. The molecule has 8 heteroatoms. The summed E-state index contributed by atoms with van der Waals surface area (Å²) >= 11 is 1.32. The van der Waals surface area contributed by atoms with E-state index in [0.29, 0.717) is 27.1 Å². The third kappa shape index (κ3) is 5.86. The molecular weight excluding hydrogens is 488 g/mol. The van der Waals surface area contributed by atoms with Crippen molar-refractivity contribution in [3.63, 3.8) is 0 Å². The van der Waals surface area contributed by atoms with Crippen molar-refractivity contribution in [1.29, 1.82) is 0 Å². The molecule has 0 aliphatic carbocycles. The van der Waals surface area contributed by atoms with Crippen molar-refractivity contribution >= 4 is 46.3 Å². The third-order valence-corrected chi connectivity index (χ3v) is 6.81. The van der Waals surface area contributed by atoms with E-state index in [4.69, 9.17) is 19.6 Å². The van der Waals surface area contributed by atoms with Crippen LogP contribution in [-0.2, 0) is 22.4 Å². The van der Waals surface area contributed by atoms with Crippen molar-refractivity contribution in [3.05, 3.63) is 88.3 Å². The highest BCUT2D eigenvalue weighted by atomic mass is 32.2. The maximum absolute atomic E-state index is 13.8. The van der Waals surface area contributed by atoms with Gasteiger partial charge in [0.15, 0.2) is 23.3 Å². The molecule has 1 aliphatic heterocycles. The number of benzene rings is 3. The number of aliphatic carboxylic acids is 1. The van der Waals surface area contributed by atoms with Gasteiger partial charge in [-0.1, -0.05) is 56.3 Å². The highest BCUT2D eigenvalue weighted by Gasteiger charge is 2.35. The fourth-order valence-electron chi connectivity index (χ4n) is 4.00. The molecule has 37 heavy (non-hydrogen) atoms. The summed E-state index contributed by atoms with van der Waals surface area (Å²) in [5.41, 5.74) is 4.52. The van der Waals surface area contributed by atoms with Gasteiger partial charge in [-0.05, 0) is 71.6 Å². The first-order chi connectivity index (χ1) is 17.9. The minimum Gasteiger partial charge on any atom is -0.493 e. The molecule has 1 aliphatic rings.